The number of hydrogen-bond acceptors (Lipinski definition) is 5. The van der Waals surface area contributed by atoms with E-state index in [1.165, 1.54) is 0 Å². The van der Waals surface area contributed by atoms with Crippen LogP contribution in [0.1, 0.15) is 5.69 Å². The molecule has 0 fully saturated rings. The molecule has 0 atom stereocenters. The average molecular weight is 262 g/mol. The second kappa shape index (κ2) is 4.86. The fraction of sp³-hybridized carbons (Fsp3) is 0. The van der Waals surface area contributed by atoms with Crippen molar-refractivity contribution in [3.8, 4) is 17.6 Å². The summed E-state index contributed by atoms with van der Waals surface area (Å²) in [6.45, 7) is 0. The first-order valence-electron chi connectivity index (χ1n) is 5.94. The molecule has 0 unspecified atom stereocenters. The molecule has 2 aromatic heterocycles. The number of anilines is 1. The van der Waals surface area contributed by atoms with Crippen molar-refractivity contribution in [2.24, 2.45) is 0 Å². The predicted molar refractivity (Wildman–Crippen MR) is 75.2 cm³/mol. The average Bonchev–Trinajstić information content (AvgIpc) is 2.46. The molecule has 0 saturated carbocycles. The molecule has 1 aromatic carbocycles. The van der Waals surface area contributed by atoms with E-state index in [1.54, 1.807) is 24.5 Å². The molecule has 5 heteroatoms. The topological polar surface area (TPSA) is 84.8 Å². The molecule has 0 amide bonds. The van der Waals surface area contributed by atoms with Crippen LogP contribution in [0.3, 0.4) is 0 Å². The number of ether oxygens (including phenoxy) is 1. The van der Waals surface area contributed by atoms with E-state index in [0.717, 1.165) is 10.8 Å². The molecule has 3 aromatic rings. The minimum Gasteiger partial charge on any atom is -0.457 e. The number of pyridine rings is 2. The van der Waals surface area contributed by atoms with Crippen molar-refractivity contribution in [1.29, 1.82) is 5.26 Å². The van der Waals surface area contributed by atoms with Gasteiger partial charge in [-0.1, -0.05) is 6.07 Å². The Morgan fingerprint density at radius 2 is 1.95 bits per heavy atom. The molecule has 0 bridgehead atoms. The summed E-state index contributed by atoms with van der Waals surface area (Å²) < 4.78 is 5.71. The van der Waals surface area contributed by atoms with Gasteiger partial charge in [-0.15, -0.1) is 0 Å². The third kappa shape index (κ3) is 2.35. The van der Waals surface area contributed by atoms with Gasteiger partial charge in [0.15, 0.2) is 0 Å². The summed E-state index contributed by atoms with van der Waals surface area (Å²) >= 11 is 0. The number of hydrogen-bond donors (Lipinski definition) is 1. The quantitative estimate of drug-likeness (QED) is 0.767. The van der Waals surface area contributed by atoms with Crippen molar-refractivity contribution in [3.63, 3.8) is 0 Å². The van der Waals surface area contributed by atoms with Gasteiger partial charge in [-0.3, -0.25) is 4.98 Å². The highest BCUT2D eigenvalue weighted by Crippen LogP contribution is 2.26. The van der Waals surface area contributed by atoms with E-state index < -0.39 is 0 Å². The summed E-state index contributed by atoms with van der Waals surface area (Å²) in [6, 6.07) is 12.7. The van der Waals surface area contributed by atoms with Gasteiger partial charge in [-0.25, -0.2) is 4.98 Å². The third-order valence-electron chi connectivity index (χ3n) is 2.78. The molecule has 5 nitrogen and oxygen atoms in total. The van der Waals surface area contributed by atoms with Crippen molar-refractivity contribution >= 4 is 16.6 Å². The van der Waals surface area contributed by atoms with Crippen LogP contribution in [0.5, 0.6) is 11.5 Å². The van der Waals surface area contributed by atoms with E-state index in [4.69, 9.17) is 15.7 Å². The molecule has 0 spiro atoms. The smallest absolute Gasteiger partial charge is 0.146 e. The van der Waals surface area contributed by atoms with Crippen LogP contribution < -0.4 is 10.5 Å². The first-order valence-corrected chi connectivity index (χ1v) is 5.94. The molecular weight excluding hydrogens is 252 g/mol. The third-order valence-corrected chi connectivity index (χ3v) is 2.78. The number of fused-ring (bicyclic) bond motifs is 1. The van der Waals surface area contributed by atoms with Crippen molar-refractivity contribution < 1.29 is 4.74 Å². The lowest BCUT2D eigenvalue weighted by Crippen LogP contribution is -1.94. The number of nitrogens with zero attached hydrogens (tertiary/aromatic N) is 3. The lowest BCUT2D eigenvalue weighted by Gasteiger charge is -2.07. The van der Waals surface area contributed by atoms with Gasteiger partial charge in [0.2, 0.25) is 0 Å². The molecule has 96 valence electrons. The largest absolute Gasteiger partial charge is 0.457 e. The number of nitrogens with two attached hydrogens (primary N) is 1. The van der Waals surface area contributed by atoms with Gasteiger partial charge in [0.05, 0.1) is 0 Å². The first-order chi connectivity index (χ1) is 9.74. The molecule has 0 saturated heterocycles. The van der Waals surface area contributed by atoms with Gasteiger partial charge in [0, 0.05) is 29.9 Å². The zero-order chi connectivity index (χ0) is 13.9. The Bertz CT molecular complexity index is 823. The van der Waals surface area contributed by atoms with E-state index in [1.807, 2.05) is 30.3 Å². The van der Waals surface area contributed by atoms with Crippen LogP contribution in [0.15, 0.2) is 48.8 Å². The number of nitrogen functional groups attached to an aromatic ring is 1. The Labute approximate surface area is 115 Å². The van der Waals surface area contributed by atoms with E-state index in [2.05, 4.69) is 9.97 Å². The molecule has 3 rings (SSSR count). The van der Waals surface area contributed by atoms with Crippen molar-refractivity contribution in [2.75, 3.05) is 5.73 Å². The van der Waals surface area contributed by atoms with Gasteiger partial charge in [-0.2, -0.15) is 5.26 Å². The summed E-state index contributed by atoms with van der Waals surface area (Å²) in [7, 11) is 0. The van der Waals surface area contributed by atoms with Crippen LogP contribution in [0.4, 0.5) is 5.82 Å². The van der Waals surface area contributed by atoms with Gasteiger partial charge in [0.1, 0.15) is 29.1 Å². The van der Waals surface area contributed by atoms with Crippen LogP contribution in [0.2, 0.25) is 0 Å². The Kier molecular flexibility index (Phi) is 2.90. The number of benzene rings is 1. The SMILES string of the molecule is N#Cc1cc(Oc2ccc3ccncc3c2)cc(N)n1. The Hall–Kier alpha value is -3.13. The highest BCUT2D eigenvalue weighted by Gasteiger charge is 2.03. The second-order valence-electron chi connectivity index (χ2n) is 4.21. The Morgan fingerprint density at radius 1 is 1.05 bits per heavy atom. The highest BCUT2D eigenvalue weighted by molar-refractivity contribution is 5.82. The van der Waals surface area contributed by atoms with Crippen LogP contribution in [0, 0.1) is 11.3 Å². The van der Waals surface area contributed by atoms with E-state index in [9.17, 15) is 0 Å². The zero-order valence-corrected chi connectivity index (χ0v) is 10.4. The summed E-state index contributed by atoms with van der Waals surface area (Å²) in [5.74, 6) is 1.39. The van der Waals surface area contributed by atoms with Gasteiger partial charge >= 0.3 is 0 Å². The maximum atomic E-state index is 8.86. The summed E-state index contributed by atoms with van der Waals surface area (Å²) in [6.07, 6.45) is 3.51. The van der Waals surface area contributed by atoms with Crippen LogP contribution in [-0.4, -0.2) is 9.97 Å². The standard InChI is InChI=1S/C15H10N4O/c16-8-12-6-14(7-15(17)19-12)20-13-2-1-10-3-4-18-9-11(10)5-13/h1-7,9H,(H2,17,19). The molecular formula is C15H10N4O. The van der Waals surface area contributed by atoms with E-state index in [0.29, 0.717) is 11.5 Å². The normalized spacial score (nSPS) is 10.2. The number of nitriles is 1. The van der Waals surface area contributed by atoms with Crippen molar-refractivity contribution in [2.45, 2.75) is 0 Å². The Morgan fingerprint density at radius 3 is 2.80 bits per heavy atom. The van der Waals surface area contributed by atoms with E-state index >= 15 is 0 Å². The van der Waals surface area contributed by atoms with Crippen molar-refractivity contribution in [3.05, 3.63) is 54.5 Å². The molecule has 0 aliphatic heterocycles. The lowest BCUT2D eigenvalue weighted by atomic mass is 10.2. The highest BCUT2D eigenvalue weighted by atomic mass is 16.5. The van der Waals surface area contributed by atoms with Gasteiger partial charge in [-0.05, 0) is 23.6 Å². The fourth-order valence-corrected chi connectivity index (χ4v) is 1.90. The minimum atomic E-state index is 0.224. The minimum absolute atomic E-state index is 0.224. The molecule has 0 aliphatic carbocycles. The van der Waals surface area contributed by atoms with Crippen molar-refractivity contribution in [1.82, 2.24) is 9.97 Å². The molecule has 2 N–H and O–H groups in total. The lowest BCUT2D eigenvalue weighted by molar-refractivity contribution is 0.483. The molecule has 0 aliphatic rings. The molecule has 0 radical (unpaired) electrons. The zero-order valence-electron chi connectivity index (χ0n) is 10.4. The first kappa shape index (κ1) is 11.9. The van der Waals surface area contributed by atoms with Gasteiger partial charge < -0.3 is 10.5 Å². The maximum Gasteiger partial charge on any atom is 0.146 e. The monoisotopic (exact) mass is 262 g/mol. The van der Waals surface area contributed by atoms with Crippen LogP contribution in [0.25, 0.3) is 10.8 Å². The molecule has 2 heterocycles. The van der Waals surface area contributed by atoms with Crippen LogP contribution >= 0.6 is 0 Å². The molecule has 20 heavy (non-hydrogen) atoms. The number of rotatable bonds is 2. The Balaban J connectivity index is 1.97. The summed E-state index contributed by atoms with van der Waals surface area (Å²) in [5.41, 5.74) is 5.85. The maximum absolute atomic E-state index is 8.86. The summed E-state index contributed by atoms with van der Waals surface area (Å²) in [5, 5.41) is 10.9. The summed E-state index contributed by atoms with van der Waals surface area (Å²) in [4.78, 5) is 7.94. The predicted octanol–water partition coefficient (Wildman–Crippen LogP) is 2.88. The van der Waals surface area contributed by atoms with Crippen LogP contribution in [-0.2, 0) is 0 Å². The van der Waals surface area contributed by atoms with E-state index in [-0.39, 0.29) is 11.5 Å². The fourth-order valence-electron chi connectivity index (χ4n) is 1.90. The van der Waals surface area contributed by atoms with Gasteiger partial charge in [0.25, 0.3) is 0 Å². The number of aromatic nitrogens is 2. The second-order valence-corrected chi connectivity index (χ2v) is 4.21.